The van der Waals surface area contributed by atoms with Crippen LogP contribution in [0.15, 0.2) is 46.5 Å². The molecule has 150 valence electrons. The summed E-state index contributed by atoms with van der Waals surface area (Å²) in [5, 5.41) is 1.74. The summed E-state index contributed by atoms with van der Waals surface area (Å²) >= 11 is 1.39. The second-order valence-electron chi connectivity index (χ2n) is 6.90. The van der Waals surface area contributed by atoms with Gasteiger partial charge < -0.3 is 4.90 Å². The Morgan fingerprint density at radius 3 is 2.62 bits per heavy atom. The fourth-order valence-electron chi connectivity index (χ4n) is 3.43. The number of aromatic nitrogens is 4. The first-order valence-corrected chi connectivity index (χ1v) is 11.9. The molecule has 0 spiro atoms. The van der Waals surface area contributed by atoms with E-state index < -0.39 is 9.84 Å². The van der Waals surface area contributed by atoms with Gasteiger partial charge in [0.25, 0.3) is 5.91 Å². The SMILES string of the molecule is CS(=O)(=O)c1cnc(-c2cccnc2)nc1C1CCN(C(=O)c2cscn2)CC1. The summed E-state index contributed by atoms with van der Waals surface area (Å²) in [6, 6.07) is 3.62. The van der Waals surface area contributed by atoms with Crippen LogP contribution in [-0.2, 0) is 9.84 Å². The zero-order valence-electron chi connectivity index (χ0n) is 15.7. The van der Waals surface area contributed by atoms with Crippen LogP contribution in [0.1, 0.15) is 34.9 Å². The molecule has 29 heavy (non-hydrogen) atoms. The van der Waals surface area contributed by atoms with Crippen LogP contribution in [0.2, 0.25) is 0 Å². The monoisotopic (exact) mass is 429 g/mol. The molecule has 1 saturated heterocycles. The molecule has 8 nitrogen and oxygen atoms in total. The molecule has 0 bridgehead atoms. The number of rotatable bonds is 4. The highest BCUT2D eigenvalue weighted by Crippen LogP contribution is 2.32. The Kier molecular flexibility index (Phi) is 5.37. The van der Waals surface area contributed by atoms with Crippen molar-refractivity contribution in [1.82, 2.24) is 24.8 Å². The van der Waals surface area contributed by atoms with E-state index >= 15 is 0 Å². The van der Waals surface area contributed by atoms with Crippen LogP contribution >= 0.6 is 11.3 Å². The highest BCUT2D eigenvalue weighted by molar-refractivity contribution is 7.90. The van der Waals surface area contributed by atoms with E-state index in [1.54, 1.807) is 34.3 Å². The molecular weight excluding hydrogens is 410 g/mol. The van der Waals surface area contributed by atoms with Gasteiger partial charge >= 0.3 is 0 Å². The van der Waals surface area contributed by atoms with E-state index in [-0.39, 0.29) is 16.7 Å². The molecule has 0 unspecified atom stereocenters. The number of amides is 1. The summed E-state index contributed by atoms with van der Waals surface area (Å²) in [6.45, 7) is 1.05. The third-order valence-electron chi connectivity index (χ3n) is 4.92. The lowest BCUT2D eigenvalue weighted by Gasteiger charge is -2.32. The summed E-state index contributed by atoms with van der Waals surface area (Å²) in [5.74, 6) is 0.283. The molecule has 1 aliphatic heterocycles. The molecule has 1 aliphatic rings. The molecule has 0 aliphatic carbocycles. The Morgan fingerprint density at radius 1 is 1.21 bits per heavy atom. The van der Waals surface area contributed by atoms with Crippen molar-refractivity contribution >= 4 is 27.1 Å². The minimum Gasteiger partial charge on any atom is -0.337 e. The predicted octanol–water partition coefficient (Wildman–Crippen LogP) is 2.42. The fraction of sp³-hybridized carbons (Fsp3) is 0.316. The topological polar surface area (TPSA) is 106 Å². The van der Waals surface area contributed by atoms with E-state index in [1.807, 2.05) is 6.07 Å². The van der Waals surface area contributed by atoms with Crippen molar-refractivity contribution in [2.75, 3.05) is 19.3 Å². The fourth-order valence-corrected chi connectivity index (χ4v) is 4.79. The normalized spacial score (nSPS) is 15.4. The maximum atomic E-state index is 12.5. The van der Waals surface area contributed by atoms with Crippen LogP contribution in [0.25, 0.3) is 11.4 Å². The molecule has 0 atom stereocenters. The lowest BCUT2D eigenvalue weighted by Crippen LogP contribution is -2.38. The maximum Gasteiger partial charge on any atom is 0.273 e. The van der Waals surface area contributed by atoms with Gasteiger partial charge in [0, 0.05) is 54.8 Å². The van der Waals surface area contributed by atoms with Gasteiger partial charge in [-0.05, 0) is 25.0 Å². The van der Waals surface area contributed by atoms with Crippen LogP contribution in [-0.4, -0.2) is 58.5 Å². The lowest BCUT2D eigenvalue weighted by atomic mass is 9.93. The van der Waals surface area contributed by atoms with E-state index in [1.165, 1.54) is 23.8 Å². The molecular formula is C19H19N5O3S2. The molecule has 3 aromatic heterocycles. The van der Waals surface area contributed by atoms with Crippen LogP contribution in [0.5, 0.6) is 0 Å². The molecule has 1 amide bonds. The van der Waals surface area contributed by atoms with Crippen LogP contribution in [0.4, 0.5) is 0 Å². The van der Waals surface area contributed by atoms with Crippen molar-refractivity contribution < 1.29 is 13.2 Å². The van der Waals surface area contributed by atoms with Crippen molar-refractivity contribution in [2.24, 2.45) is 0 Å². The van der Waals surface area contributed by atoms with Gasteiger partial charge in [0.05, 0.1) is 11.2 Å². The predicted molar refractivity (Wildman–Crippen MR) is 108 cm³/mol. The second-order valence-corrected chi connectivity index (χ2v) is 9.60. The maximum absolute atomic E-state index is 12.5. The highest BCUT2D eigenvalue weighted by Gasteiger charge is 2.30. The number of likely N-dealkylation sites (tertiary alicyclic amines) is 1. The van der Waals surface area contributed by atoms with E-state index in [0.717, 1.165) is 5.56 Å². The first kappa shape index (κ1) is 19.6. The largest absolute Gasteiger partial charge is 0.337 e. The third-order valence-corrected chi connectivity index (χ3v) is 6.62. The average Bonchev–Trinajstić information content (AvgIpc) is 3.28. The average molecular weight is 430 g/mol. The van der Waals surface area contributed by atoms with Gasteiger partial charge in [-0.2, -0.15) is 0 Å². The van der Waals surface area contributed by atoms with Gasteiger partial charge in [-0.15, -0.1) is 11.3 Å². The summed E-state index contributed by atoms with van der Waals surface area (Å²) < 4.78 is 24.6. The van der Waals surface area contributed by atoms with E-state index in [9.17, 15) is 13.2 Å². The Balaban J connectivity index is 1.61. The first-order valence-electron chi connectivity index (χ1n) is 9.08. The Morgan fingerprint density at radius 2 is 2.00 bits per heavy atom. The Labute approximate surface area is 172 Å². The molecule has 4 rings (SSSR count). The number of carbonyl (C=O) groups excluding carboxylic acids is 1. The van der Waals surface area contributed by atoms with Gasteiger partial charge in [0.2, 0.25) is 0 Å². The summed E-state index contributed by atoms with van der Waals surface area (Å²) in [5.41, 5.74) is 3.33. The second kappa shape index (κ2) is 7.96. The van der Waals surface area contributed by atoms with Crippen molar-refractivity contribution in [3.05, 3.63) is 53.0 Å². The molecule has 3 aromatic rings. The quantitative estimate of drug-likeness (QED) is 0.627. The highest BCUT2D eigenvalue weighted by atomic mass is 32.2. The van der Waals surface area contributed by atoms with Crippen LogP contribution in [0, 0.1) is 0 Å². The summed E-state index contributed by atoms with van der Waals surface area (Å²) in [4.78, 5) is 31.4. The molecule has 1 fully saturated rings. The zero-order valence-corrected chi connectivity index (χ0v) is 17.4. The van der Waals surface area contributed by atoms with Gasteiger partial charge in [0.1, 0.15) is 10.6 Å². The van der Waals surface area contributed by atoms with Gasteiger partial charge in [-0.25, -0.2) is 23.4 Å². The summed E-state index contributed by atoms with van der Waals surface area (Å²) in [7, 11) is -3.48. The van der Waals surface area contributed by atoms with Crippen molar-refractivity contribution in [1.29, 1.82) is 0 Å². The van der Waals surface area contributed by atoms with Crippen LogP contribution < -0.4 is 0 Å². The smallest absolute Gasteiger partial charge is 0.273 e. The molecule has 0 aromatic carbocycles. The minimum absolute atomic E-state index is 0.0716. The molecule has 10 heteroatoms. The standard InChI is InChI=1S/C19H19N5O3S2/c1-29(26,27)16-10-21-18(14-3-2-6-20-9-14)23-17(16)13-4-7-24(8-5-13)19(25)15-11-28-12-22-15/h2-3,6,9-13H,4-5,7-8H2,1H3. The van der Waals surface area contributed by atoms with E-state index in [0.29, 0.717) is 43.1 Å². The number of piperidine rings is 1. The first-order chi connectivity index (χ1) is 13.9. The third kappa shape index (κ3) is 4.18. The molecule has 0 N–H and O–H groups in total. The Bertz CT molecular complexity index is 1110. The number of hydrogen-bond donors (Lipinski definition) is 0. The minimum atomic E-state index is -3.48. The van der Waals surface area contributed by atoms with E-state index in [4.69, 9.17) is 0 Å². The number of hydrogen-bond acceptors (Lipinski definition) is 8. The van der Waals surface area contributed by atoms with E-state index in [2.05, 4.69) is 19.9 Å². The molecule has 4 heterocycles. The van der Waals surface area contributed by atoms with Gasteiger partial charge in [-0.3, -0.25) is 9.78 Å². The van der Waals surface area contributed by atoms with Crippen molar-refractivity contribution in [3.63, 3.8) is 0 Å². The number of carbonyl (C=O) groups is 1. The number of nitrogens with zero attached hydrogens (tertiary/aromatic N) is 5. The van der Waals surface area contributed by atoms with Crippen LogP contribution in [0.3, 0.4) is 0 Å². The van der Waals surface area contributed by atoms with Gasteiger partial charge in [0.15, 0.2) is 15.7 Å². The number of sulfone groups is 1. The molecule has 0 radical (unpaired) electrons. The summed E-state index contributed by atoms with van der Waals surface area (Å²) in [6.07, 6.45) is 7.11. The Hall–Kier alpha value is -2.72. The van der Waals surface area contributed by atoms with Crippen molar-refractivity contribution in [2.45, 2.75) is 23.7 Å². The zero-order chi connectivity index (χ0) is 20.4. The number of thiazole rings is 1. The molecule has 0 saturated carbocycles. The number of pyridine rings is 1. The van der Waals surface area contributed by atoms with Gasteiger partial charge in [-0.1, -0.05) is 0 Å². The van der Waals surface area contributed by atoms with Crippen molar-refractivity contribution in [3.8, 4) is 11.4 Å². The lowest BCUT2D eigenvalue weighted by molar-refractivity contribution is 0.0706.